The number of rotatable bonds is 14. The van der Waals surface area contributed by atoms with Gasteiger partial charge in [-0.05, 0) is 46.9 Å². The standard InChI is InChI=1S/C26H39N3O5Si/c1-26(2,3)35(5,6)34-19-24(30)25(33-17-20-10-8-7-9-11-20)23(28-29-27)18-32-16-21-12-14-22(31-4)15-13-21/h7-15,23-25,30H,16-19H2,1-6H3/t23-,24-,25-/m0/s1. The van der Waals surface area contributed by atoms with Crippen molar-refractivity contribution in [3.05, 3.63) is 76.2 Å². The van der Waals surface area contributed by atoms with E-state index in [9.17, 15) is 10.6 Å². The van der Waals surface area contributed by atoms with Crippen LogP contribution in [0.1, 0.15) is 31.9 Å². The van der Waals surface area contributed by atoms with Gasteiger partial charge in [0.15, 0.2) is 8.32 Å². The minimum absolute atomic E-state index is 0.00119. The van der Waals surface area contributed by atoms with Crippen LogP contribution in [0.4, 0.5) is 0 Å². The summed E-state index contributed by atoms with van der Waals surface area (Å²) in [6.45, 7) is 11.5. The number of methoxy groups -OCH3 is 1. The minimum Gasteiger partial charge on any atom is -0.497 e. The largest absolute Gasteiger partial charge is 0.497 e. The van der Waals surface area contributed by atoms with Crippen LogP contribution in [-0.4, -0.2) is 52.0 Å². The lowest BCUT2D eigenvalue weighted by molar-refractivity contribution is -0.0857. The van der Waals surface area contributed by atoms with Crippen LogP contribution < -0.4 is 4.74 Å². The molecular formula is C26H39N3O5Si. The van der Waals surface area contributed by atoms with Gasteiger partial charge < -0.3 is 23.7 Å². The maximum Gasteiger partial charge on any atom is 0.192 e. The molecule has 0 saturated heterocycles. The molecule has 0 spiro atoms. The van der Waals surface area contributed by atoms with E-state index < -0.39 is 26.6 Å². The highest BCUT2D eigenvalue weighted by Crippen LogP contribution is 2.36. The van der Waals surface area contributed by atoms with Crippen molar-refractivity contribution in [2.75, 3.05) is 20.3 Å². The van der Waals surface area contributed by atoms with Gasteiger partial charge in [0.05, 0.1) is 45.7 Å². The highest BCUT2D eigenvalue weighted by atomic mass is 28.4. The van der Waals surface area contributed by atoms with Crippen LogP contribution in [-0.2, 0) is 27.1 Å². The summed E-state index contributed by atoms with van der Waals surface area (Å²) < 4.78 is 23.4. The Morgan fingerprint density at radius 3 is 2.17 bits per heavy atom. The summed E-state index contributed by atoms with van der Waals surface area (Å²) >= 11 is 0. The van der Waals surface area contributed by atoms with Gasteiger partial charge in [0, 0.05) is 4.91 Å². The molecule has 9 heteroatoms. The summed E-state index contributed by atoms with van der Waals surface area (Å²) in [5, 5.41) is 15.0. The fourth-order valence-electron chi connectivity index (χ4n) is 3.13. The highest BCUT2D eigenvalue weighted by Gasteiger charge is 2.39. The summed E-state index contributed by atoms with van der Waals surface area (Å²) in [5.74, 6) is 0.764. The van der Waals surface area contributed by atoms with Crippen molar-refractivity contribution in [3.63, 3.8) is 0 Å². The first-order valence-corrected chi connectivity index (χ1v) is 14.7. The normalized spacial score (nSPS) is 14.6. The van der Waals surface area contributed by atoms with E-state index in [1.54, 1.807) is 7.11 Å². The Labute approximate surface area is 209 Å². The summed E-state index contributed by atoms with van der Waals surface area (Å²) in [6, 6.07) is 16.5. The van der Waals surface area contributed by atoms with Gasteiger partial charge in [-0.15, -0.1) is 0 Å². The summed E-state index contributed by atoms with van der Waals surface area (Å²) in [7, 11) is -0.475. The molecule has 3 atom stereocenters. The van der Waals surface area contributed by atoms with Crippen LogP contribution in [0.15, 0.2) is 59.7 Å². The summed E-state index contributed by atoms with van der Waals surface area (Å²) in [4.78, 5) is 3.00. The lowest BCUT2D eigenvalue weighted by Gasteiger charge is -2.38. The molecule has 2 rings (SSSR count). The monoisotopic (exact) mass is 501 g/mol. The second-order valence-corrected chi connectivity index (χ2v) is 14.8. The first-order valence-electron chi connectivity index (χ1n) is 11.8. The van der Waals surface area contributed by atoms with Crippen molar-refractivity contribution in [1.82, 2.24) is 0 Å². The molecule has 2 aromatic carbocycles. The molecule has 2 aromatic rings. The minimum atomic E-state index is -2.09. The third-order valence-electron chi connectivity index (χ3n) is 6.38. The van der Waals surface area contributed by atoms with E-state index >= 15 is 0 Å². The maximum absolute atomic E-state index is 11.1. The zero-order valence-corrected chi connectivity index (χ0v) is 22.7. The van der Waals surface area contributed by atoms with Gasteiger partial charge in [-0.1, -0.05) is 68.4 Å². The topological polar surface area (TPSA) is 106 Å². The van der Waals surface area contributed by atoms with Crippen LogP contribution in [0.3, 0.4) is 0 Å². The lowest BCUT2D eigenvalue weighted by atomic mass is 10.1. The molecule has 8 nitrogen and oxygen atoms in total. The molecule has 0 saturated carbocycles. The first kappa shape index (κ1) is 28.8. The Bertz CT molecular complexity index is 928. The van der Waals surface area contributed by atoms with Crippen molar-refractivity contribution < 1.29 is 23.7 Å². The number of aliphatic hydroxyl groups is 1. The molecule has 0 aliphatic heterocycles. The Hall–Kier alpha value is -2.39. The number of aliphatic hydroxyl groups excluding tert-OH is 1. The number of hydrogen-bond donors (Lipinski definition) is 1. The molecule has 0 amide bonds. The van der Waals surface area contributed by atoms with E-state index in [2.05, 4.69) is 43.9 Å². The van der Waals surface area contributed by atoms with Crippen LogP contribution in [0.2, 0.25) is 18.1 Å². The molecule has 0 fully saturated rings. The van der Waals surface area contributed by atoms with Gasteiger partial charge >= 0.3 is 0 Å². The lowest BCUT2D eigenvalue weighted by Crippen LogP contribution is -2.48. The molecule has 0 aromatic heterocycles. The summed E-state index contributed by atoms with van der Waals surface area (Å²) in [5.41, 5.74) is 11.1. The van der Waals surface area contributed by atoms with Crippen molar-refractivity contribution in [3.8, 4) is 5.75 Å². The van der Waals surface area contributed by atoms with E-state index in [1.165, 1.54) is 0 Å². The van der Waals surface area contributed by atoms with Gasteiger partial charge in [0.2, 0.25) is 0 Å². The first-order chi connectivity index (χ1) is 16.6. The Morgan fingerprint density at radius 2 is 1.60 bits per heavy atom. The second-order valence-electron chi connectivity index (χ2n) is 10.0. The van der Waals surface area contributed by atoms with Gasteiger partial charge in [-0.3, -0.25) is 0 Å². The molecule has 0 aliphatic rings. The predicted octanol–water partition coefficient (Wildman–Crippen LogP) is 5.86. The van der Waals surface area contributed by atoms with Gasteiger partial charge in [0.25, 0.3) is 0 Å². The third kappa shape index (κ3) is 9.29. The molecule has 0 bridgehead atoms. The molecule has 0 unspecified atom stereocenters. The Balaban J connectivity index is 2.11. The van der Waals surface area contributed by atoms with Crippen LogP contribution in [0.5, 0.6) is 5.75 Å². The zero-order valence-electron chi connectivity index (χ0n) is 21.7. The number of benzene rings is 2. The van der Waals surface area contributed by atoms with Gasteiger partial charge in [-0.25, -0.2) is 0 Å². The molecule has 0 aliphatic carbocycles. The van der Waals surface area contributed by atoms with Crippen LogP contribution in [0.25, 0.3) is 10.4 Å². The van der Waals surface area contributed by atoms with E-state index in [4.69, 9.17) is 18.6 Å². The molecule has 35 heavy (non-hydrogen) atoms. The van der Waals surface area contributed by atoms with E-state index in [0.29, 0.717) is 6.61 Å². The van der Waals surface area contributed by atoms with E-state index in [-0.39, 0.29) is 24.9 Å². The van der Waals surface area contributed by atoms with Crippen molar-refractivity contribution in [2.24, 2.45) is 5.11 Å². The van der Waals surface area contributed by atoms with E-state index in [1.807, 2.05) is 54.6 Å². The van der Waals surface area contributed by atoms with Crippen molar-refractivity contribution >= 4 is 8.32 Å². The maximum atomic E-state index is 11.1. The fraction of sp³-hybridized carbons (Fsp3) is 0.538. The van der Waals surface area contributed by atoms with Gasteiger partial charge in [-0.2, -0.15) is 0 Å². The Kier molecular flexibility index (Phi) is 11.2. The quantitative estimate of drug-likeness (QED) is 0.151. The average Bonchev–Trinajstić information content (AvgIpc) is 2.83. The number of azide groups is 1. The van der Waals surface area contributed by atoms with Crippen LogP contribution in [0, 0.1) is 0 Å². The molecule has 1 N–H and O–H groups in total. The average molecular weight is 502 g/mol. The summed E-state index contributed by atoms with van der Waals surface area (Å²) in [6.07, 6.45) is -1.79. The molecule has 192 valence electrons. The third-order valence-corrected chi connectivity index (χ3v) is 10.9. The number of nitrogens with zero attached hydrogens (tertiary/aromatic N) is 3. The highest BCUT2D eigenvalue weighted by molar-refractivity contribution is 6.74. The van der Waals surface area contributed by atoms with Crippen molar-refractivity contribution in [1.29, 1.82) is 0 Å². The van der Waals surface area contributed by atoms with Crippen molar-refractivity contribution in [2.45, 2.75) is 70.4 Å². The van der Waals surface area contributed by atoms with Gasteiger partial charge in [0.1, 0.15) is 11.9 Å². The predicted molar refractivity (Wildman–Crippen MR) is 140 cm³/mol. The number of ether oxygens (including phenoxy) is 3. The van der Waals surface area contributed by atoms with Crippen LogP contribution >= 0.6 is 0 Å². The molecule has 0 radical (unpaired) electrons. The number of hydrogen-bond acceptors (Lipinski definition) is 6. The van der Waals surface area contributed by atoms with E-state index in [0.717, 1.165) is 16.9 Å². The fourth-order valence-corrected chi connectivity index (χ4v) is 4.15. The smallest absolute Gasteiger partial charge is 0.192 e. The Morgan fingerprint density at radius 1 is 0.971 bits per heavy atom. The molecular weight excluding hydrogens is 462 g/mol. The second kappa shape index (κ2) is 13.6. The zero-order chi connectivity index (χ0) is 25.9. The molecule has 0 heterocycles. The SMILES string of the molecule is COc1ccc(COC[C@H](N=[N+]=[N-])[C@H](OCc2ccccc2)[C@@H](O)CO[Si](C)(C)C(C)(C)C)cc1.